The lowest BCUT2D eigenvalue weighted by atomic mass is 10.2. The van der Waals surface area contributed by atoms with Crippen LogP contribution in [0.25, 0.3) is 0 Å². The third-order valence-corrected chi connectivity index (χ3v) is 2.03. The Morgan fingerprint density at radius 2 is 1.89 bits per heavy atom. The van der Waals surface area contributed by atoms with Crippen LogP contribution >= 0.6 is 0 Å². The Labute approximate surface area is 101 Å². The Bertz CT molecular complexity index is 515. The number of non-ortho nitro benzene ring substituents is 1. The molecular weight excluding hydrogens is 246 g/mol. The molecule has 0 atom stereocenters. The fourth-order valence-corrected chi connectivity index (χ4v) is 1.05. The molecule has 0 aliphatic carbocycles. The quantitative estimate of drug-likeness (QED) is 0.590. The van der Waals surface area contributed by atoms with Crippen LogP contribution in [0.2, 0.25) is 0 Å². The molecule has 0 heterocycles. The van der Waals surface area contributed by atoms with E-state index in [2.05, 4.69) is 0 Å². The van der Waals surface area contributed by atoms with Crippen molar-refractivity contribution in [3.05, 3.63) is 38.4 Å². The molecule has 0 saturated carbocycles. The van der Waals surface area contributed by atoms with E-state index in [1.165, 1.54) is 14.0 Å². The Morgan fingerprint density at radius 1 is 1.28 bits per heavy atom. The summed E-state index contributed by atoms with van der Waals surface area (Å²) in [5.41, 5.74) is -1.02. The minimum atomic E-state index is -0.823. The fraction of sp³-hybridized carbons (Fsp3) is 0.222. The predicted molar refractivity (Wildman–Crippen MR) is 58.8 cm³/mol. The van der Waals surface area contributed by atoms with E-state index in [-0.39, 0.29) is 5.75 Å². The Balaban J connectivity index is 3.16. The number of amides is 1. The van der Waals surface area contributed by atoms with E-state index in [1.54, 1.807) is 0 Å². The predicted octanol–water partition coefficient (Wildman–Crippen LogP) is 1.28. The van der Waals surface area contributed by atoms with E-state index >= 15 is 0 Å². The van der Waals surface area contributed by atoms with Gasteiger partial charge in [-0.25, -0.2) is 0 Å². The molecule has 9 nitrogen and oxygen atoms in total. The summed E-state index contributed by atoms with van der Waals surface area (Å²) in [4.78, 5) is 35.5. The van der Waals surface area contributed by atoms with Crippen molar-refractivity contribution in [2.75, 3.05) is 7.05 Å². The van der Waals surface area contributed by atoms with Gasteiger partial charge in [0.25, 0.3) is 11.6 Å². The zero-order valence-corrected chi connectivity index (χ0v) is 9.52. The van der Waals surface area contributed by atoms with Crippen molar-refractivity contribution in [2.45, 2.75) is 6.92 Å². The van der Waals surface area contributed by atoms with Crippen molar-refractivity contribution in [2.24, 2.45) is 0 Å². The summed E-state index contributed by atoms with van der Waals surface area (Å²) < 4.78 is 0. The number of hydroxylamine groups is 2. The van der Waals surface area contributed by atoms with Gasteiger partial charge in [-0.3, -0.25) is 25.0 Å². The van der Waals surface area contributed by atoms with Crippen LogP contribution in [0, 0.1) is 20.2 Å². The van der Waals surface area contributed by atoms with Crippen LogP contribution in [0.5, 0.6) is 5.75 Å². The van der Waals surface area contributed by atoms with Crippen LogP contribution in [0.3, 0.4) is 0 Å². The minimum absolute atomic E-state index is 0.247. The average Bonchev–Trinajstić information content (AvgIpc) is 2.28. The zero-order chi connectivity index (χ0) is 13.9. The molecule has 1 aromatic rings. The molecule has 96 valence electrons. The minimum Gasteiger partial charge on any atom is -0.370 e. The summed E-state index contributed by atoms with van der Waals surface area (Å²) >= 11 is 0. The zero-order valence-electron chi connectivity index (χ0n) is 9.52. The third kappa shape index (κ3) is 2.90. The summed E-state index contributed by atoms with van der Waals surface area (Å²) in [6.07, 6.45) is 0. The molecule has 0 fully saturated rings. The number of carbonyl (C=O) groups excluding carboxylic acids is 1. The number of nitro groups is 2. The first-order valence-corrected chi connectivity index (χ1v) is 4.68. The van der Waals surface area contributed by atoms with Crippen LogP contribution in [-0.2, 0) is 4.79 Å². The maximum Gasteiger partial charge on any atom is 0.321 e. The summed E-state index contributed by atoms with van der Waals surface area (Å²) in [6.45, 7) is 1.21. The van der Waals surface area contributed by atoms with Crippen molar-refractivity contribution in [1.82, 2.24) is 5.06 Å². The highest BCUT2D eigenvalue weighted by Gasteiger charge is 2.22. The van der Waals surface area contributed by atoms with E-state index in [0.717, 1.165) is 23.3 Å². The van der Waals surface area contributed by atoms with Crippen molar-refractivity contribution in [3.8, 4) is 5.75 Å². The van der Waals surface area contributed by atoms with Gasteiger partial charge in [-0.2, -0.15) is 5.06 Å². The van der Waals surface area contributed by atoms with Gasteiger partial charge in [-0.05, 0) is 6.07 Å². The lowest BCUT2D eigenvalue weighted by Gasteiger charge is -2.15. The molecule has 0 saturated heterocycles. The van der Waals surface area contributed by atoms with Gasteiger partial charge >= 0.3 is 5.69 Å². The Kier molecular flexibility index (Phi) is 3.77. The number of nitro benzene ring substituents is 2. The summed E-state index contributed by atoms with van der Waals surface area (Å²) in [5, 5.41) is 22.0. The molecule has 1 rings (SSSR count). The molecule has 0 N–H and O–H groups in total. The van der Waals surface area contributed by atoms with Gasteiger partial charge < -0.3 is 4.84 Å². The summed E-state index contributed by atoms with van der Waals surface area (Å²) in [7, 11) is 1.27. The molecule has 0 radical (unpaired) electrons. The first-order valence-electron chi connectivity index (χ1n) is 4.68. The monoisotopic (exact) mass is 255 g/mol. The number of carbonyl (C=O) groups is 1. The topological polar surface area (TPSA) is 116 Å². The molecular formula is C9H9N3O6. The second-order valence-electron chi connectivity index (χ2n) is 3.27. The molecule has 0 spiro atoms. The van der Waals surface area contributed by atoms with Gasteiger partial charge in [0.2, 0.25) is 5.75 Å². The smallest absolute Gasteiger partial charge is 0.321 e. The highest BCUT2D eigenvalue weighted by Crippen LogP contribution is 2.31. The number of hydrogen-bond acceptors (Lipinski definition) is 6. The lowest BCUT2D eigenvalue weighted by Crippen LogP contribution is -2.27. The molecule has 0 aliphatic rings. The van der Waals surface area contributed by atoms with Gasteiger partial charge in [0.05, 0.1) is 15.9 Å². The van der Waals surface area contributed by atoms with Crippen molar-refractivity contribution in [1.29, 1.82) is 0 Å². The van der Waals surface area contributed by atoms with Crippen molar-refractivity contribution in [3.63, 3.8) is 0 Å². The molecule has 1 amide bonds. The molecule has 18 heavy (non-hydrogen) atoms. The lowest BCUT2D eigenvalue weighted by molar-refractivity contribution is -0.395. The van der Waals surface area contributed by atoms with Crippen LogP contribution in [0.4, 0.5) is 11.4 Å². The molecule has 0 unspecified atom stereocenters. The van der Waals surface area contributed by atoms with Gasteiger partial charge in [-0.15, -0.1) is 0 Å². The van der Waals surface area contributed by atoms with Crippen molar-refractivity contribution < 1.29 is 19.5 Å². The highest BCUT2D eigenvalue weighted by atomic mass is 16.7. The number of hydrogen-bond donors (Lipinski definition) is 0. The average molecular weight is 255 g/mol. The van der Waals surface area contributed by atoms with Gasteiger partial charge in [0, 0.05) is 20.0 Å². The van der Waals surface area contributed by atoms with Crippen LogP contribution in [0.15, 0.2) is 18.2 Å². The summed E-state index contributed by atoms with van der Waals surface area (Å²) in [5.74, 6) is -0.717. The van der Waals surface area contributed by atoms with Crippen LogP contribution in [-0.4, -0.2) is 27.9 Å². The summed E-state index contributed by atoms with van der Waals surface area (Å²) in [6, 6.07) is 2.88. The Hall–Kier alpha value is -2.71. The van der Waals surface area contributed by atoms with E-state index in [4.69, 9.17) is 4.84 Å². The molecule has 9 heteroatoms. The maximum atomic E-state index is 10.9. The second kappa shape index (κ2) is 5.08. The molecule has 0 aliphatic heterocycles. The molecule has 0 bridgehead atoms. The van der Waals surface area contributed by atoms with Gasteiger partial charge in [-0.1, -0.05) is 0 Å². The fourth-order valence-electron chi connectivity index (χ4n) is 1.05. The number of nitrogens with zero attached hydrogens (tertiary/aromatic N) is 3. The first kappa shape index (κ1) is 13.4. The van der Waals surface area contributed by atoms with Crippen LogP contribution in [0.1, 0.15) is 6.92 Å². The van der Waals surface area contributed by atoms with Crippen molar-refractivity contribution >= 4 is 17.3 Å². The van der Waals surface area contributed by atoms with E-state index in [9.17, 15) is 25.0 Å². The van der Waals surface area contributed by atoms with E-state index < -0.39 is 27.1 Å². The number of rotatable bonds is 4. The van der Waals surface area contributed by atoms with Gasteiger partial charge in [0.1, 0.15) is 0 Å². The standard InChI is InChI=1S/C9H9N3O6/c1-6(13)10(2)18-9-4-3-7(11(14)15)5-8(9)12(16)17/h3-5H,1-2H3. The normalized spacial score (nSPS) is 9.67. The highest BCUT2D eigenvalue weighted by molar-refractivity contribution is 5.72. The SMILES string of the molecule is CC(=O)N(C)Oc1ccc([N+](=O)[O-])cc1[N+](=O)[O-]. The maximum absolute atomic E-state index is 10.9. The van der Waals surface area contributed by atoms with Gasteiger partial charge in [0.15, 0.2) is 0 Å². The third-order valence-electron chi connectivity index (χ3n) is 2.03. The number of benzene rings is 1. The first-order chi connectivity index (χ1) is 8.32. The largest absolute Gasteiger partial charge is 0.370 e. The second-order valence-corrected chi connectivity index (χ2v) is 3.27. The molecule has 1 aromatic carbocycles. The van der Waals surface area contributed by atoms with E-state index in [1.807, 2.05) is 0 Å². The van der Waals surface area contributed by atoms with Crippen LogP contribution < -0.4 is 4.84 Å². The Morgan fingerprint density at radius 3 is 2.33 bits per heavy atom. The molecule has 0 aromatic heterocycles. The van der Waals surface area contributed by atoms with E-state index in [0.29, 0.717) is 0 Å².